The van der Waals surface area contributed by atoms with Gasteiger partial charge in [0, 0.05) is 39.5 Å². The molecule has 6 heteroatoms. The highest BCUT2D eigenvalue weighted by molar-refractivity contribution is 14.0. The Hall–Kier alpha value is -1.02. The molecule has 1 rings (SSSR count). The maximum Gasteiger partial charge on any atom is 0.191 e. The second kappa shape index (κ2) is 14.1. The van der Waals surface area contributed by atoms with Crippen molar-refractivity contribution in [1.29, 1.82) is 0 Å². The van der Waals surface area contributed by atoms with E-state index in [1.807, 2.05) is 14.1 Å². The van der Waals surface area contributed by atoms with Crippen LogP contribution in [0, 0.1) is 11.8 Å². The van der Waals surface area contributed by atoms with Crippen LogP contribution in [0.15, 0.2) is 29.3 Å². The van der Waals surface area contributed by atoms with Gasteiger partial charge in [-0.25, -0.2) is 4.99 Å². The molecule has 0 aliphatic carbocycles. The number of hydrogen-bond donors (Lipinski definition) is 3. The predicted octanol–water partition coefficient (Wildman–Crippen LogP) is 3.47. The van der Waals surface area contributed by atoms with Crippen molar-refractivity contribution in [3.05, 3.63) is 29.8 Å². The van der Waals surface area contributed by atoms with Crippen LogP contribution in [-0.4, -0.2) is 44.9 Å². The second-order valence-corrected chi connectivity index (χ2v) is 7.14. The van der Waals surface area contributed by atoms with E-state index in [0.717, 1.165) is 31.9 Å². The highest BCUT2D eigenvalue weighted by atomic mass is 127. The lowest BCUT2D eigenvalue weighted by Gasteiger charge is -2.20. The second-order valence-electron chi connectivity index (χ2n) is 7.14. The molecule has 0 saturated carbocycles. The highest BCUT2D eigenvalue weighted by Crippen LogP contribution is 2.14. The minimum Gasteiger partial charge on any atom is -0.396 e. The van der Waals surface area contributed by atoms with Crippen LogP contribution in [0.25, 0.3) is 0 Å². The predicted molar refractivity (Wildman–Crippen MR) is 124 cm³/mol. The molecule has 0 saturated heterocycles. The molecule has 0 bridgehead atoms. The zero-order valence-corrected chi connectivity index (χ0v) is 19.3. The van der Waals surface area contributed by atoms with Gasteiger partial charge in [0.25, 0.3) is 0 Å². The molecule has 1 aromatic carbocycles. The SMILES string of the molecule is CCNC(=NCc1ccc(N(C)C)cc1)NCC(CCO)CC(C)C.I. The van der Waals surface area contributed by atoms with E-state index in [1.54, 1.807) is 0 Å². The zero-order chi connectivity index (χ0) is 18.7. The number of nitrogens with zero attached hydrogens (tertiary/aromatic N) is 2. The molecule has 0 radical (unpaired) electrons. The number of rotatable bonds is 10. The van der Waals surface area contributed by atoms with E-state index < -0.39 is 0 Å². The Morgan fingerprint density at radius 3 is 2.31 bits per heavy atom. The fourth-order valence-corrected chi connectivity index (χ4v) is 2.81. The summed E-state index contributed by atoms with van der Waals surface area (Å²) in [5.74, 6) is 1.94. The molecular weight excluding hydrogens is 439 g/mol. The third kappa shape index (κ3) is 10.2. The molecule has 3 N–H and O–H groups in total. The van der Waals surface area contributed by atoms with E-state index in [0.29, 0.717) is 18.4 Å². The van der Waals surface area contributed by atoms with E-state index in [9.17, 15) is 5.11 Å². The van der Waals surface area contributed by atoms with Gasteiger partial charge in [-0.3, -0.25) is 0 Å². The number of benzene rings is 1. The van der Waals surface area contributed by atoms with Crippen LogP contribution in [0.3, 0.4) is 0 Å². The normalized spacial score (nSPS) is 12.5. The number of aliphatic hydroxyl groups excluding tert-OH is 1. The minimum absolute atomic E-state index is 0. The Morgan fingerprint density at radius 1 is 1.15 bits per heavy atom. The average Bonchev–Trinajstić information content (AvgIpc) is 2.57. The Kier molecular flexibility index (Phi) is 13.5. The van der Waals surface area contributed by atoms with E-state index in [-0.39, 0.29) is 30.6 Å². The monoisotopic (exact) mass is 476 g/mol. The minimum atomic E-state index is 0. The molecule has 0 fully saturated rings. The molecule has 0 aromatic heterocycles. The van der Waals surface area contributed by atoms with Gasteiger partial charge in [-0.15, -0.1) is 24.0 Å². The quantitative estimate of drug-likeness (QED) is 0.275. The fraction of sp³-hybridized carbons (Fsp3) is 0.650. The van der Waals surface area contributed by atoms with Gasteiger partial charge in [-0.1, -0.05) is 26.0 Å². The summed E-state index contributed by atoms with van der Waals surface area (Å²) in [5.41, 5.74) is 2.38. The van der Waals surface area contributed by atoms with E-state index in [2.05, 4.69) is 65.6 Å². The van der Waals surface area contributed by atoms with Gasteiger partial charge in [0.1, 0.15) is 0 Å². The first kappa shape index (κ1) is 25.0. The molecule has 5 nitrogen and oxygen atoms in total. The van der Waals surface area contributed by atoms with Gasteiger partial charge in [-0.05, 0) is 49.3 Å². The molecule has 0 aliphatic rings. The summed E-state index contributed by atoms with van der Waals surface area (Å²) in [6, 6.07) is 8.47. The molecule has 150 valence electrons. The Balaban J connectivity index is 0.00000625. The lowest BCUT2D eigenvalue weighted by molar-refractivity contribution is 0.243. The van der Waals surface area contributed by atoms with Crippen LogP contribution < -0.4 is 15.5 Å². The number of aliphatic hydroxyl groups is 1. The number of guanidine groups is 1. The summed E-state index contributed by atoms with van der Waals surface area (Å²) >= 11 is 0. The third-order valence-electron chi connectivity index (χ3n) is 4.12. The molecule has 0 amide bonds. The molecule has 0 spiro atoms. The number of hydrogen-bond acceptors (Lipinski definition) is 3. The van der Waals surface area contributed by atoms with Crippen molar-refractivity contribution in [2.24, 2.45) is 16.8 Å². The molecular formula is C20H37IN4O. The van der Waals surface area contributed by atoms with Crippen molar-refractivity contribution in [1.82, 2.24) is 10.6 Å². The van der Waals surface area contributed by atoms with Crippen LogP contribution in [0.4, 0.5) is 5.69 Å². The first-order valence-electron chi connectivity index (χ1n) is 9.35. The van der Waals surface area contributed by atoms with Crippen molar-refractivity contribution in [2.75, 3.05) is 38.7 Å². The van der Waals surface area contributed by atoms with Crippen LogP contribution in [0.5, 0.6) is 0 Å². The largest absolute Gasteiger partial charge is 0.396 e. The maximum atomic E-state index is 9.25. The summed E-state index contributed by atoms with van der Waals surface area (Å²) in [6.07, 6.45) is 1.94. The van der Waals surface area contributed by atoms with Crippen LogP contribution in [0.2, 0.25) is 0 Å². The Labute approximate surface area is 176 Å². The lowest BCUT2D eigenvalue weighted by atomic mass is 9.94. The summed E-state index contributed by atoms with van der Waals surface area (Å²) in [5, 5.41) is 16.0. The summed E-state index contributed by atoms with van der Waals surface area (Å²) in [4.78, 5) is 6.78. The van der Waals surface area contributed by atoms with Crippen molar-refractivity contribution >= 4 is 35.6 Å². The first-order valence-corrected chi connectivity index (χ1v) is 9.35. The van der Waals surface area contributed by atoms with Crippen LogP contribution >= 0.6 is 24.0 Å². The van der Waals surface area contributed by atoms with Gasteiger partial charge >= 0.3 is 0 Å². The summed E-state index contributed by atoms with van der Waals surface area (Å²) in [7, 11) is 4.08. The smallest absolute Gasteiger partial charge is 0.191 e. The Bertz CT molecular complexity index is 503. The molecule has 1 atom stereocenters. The molecule has 0 aliphatic heterocycles. The fourth-order valence-electron chi connectivity index (χ4n) is 2.81. The van der Waals surface area contributed by atoms with E-state index in [1.165, 1.54) is 11.3 Å². The van der Waals surface area contributed by atoms with Crippen molar-refractivity contribution in [3.63, 3.8) is 0 Å². The number of aliphatic imine (C=N–C) groups is 1. The number of anilines is 1. The topological polar surface area (TPSA) is 59.9 Å². The van der Waals surface area contributed by atoms with Crippen molar-refractivity contribution in [3.8, 4) is 0 Å². The van der Waals surface area contributed by atoms with Gasteiger partial charge in [-0.2, -0.15) is 0 Å². The van der Waals surface area contributed by atoms with Crippen molar-refractivity contribution < 1.29 is 5.11 Å². The first-order chi connectivity index (χ1) is 12.0. The zero-order valence-electron chi connectivity index (χ0n) is 17.0. The number of nitrogens with one attached hydrogen (secondary N) is 2. The van der Waals surface area contributed by atoms with E-state index >= 15 is 0 Å². The average molecular weight is 476 g/mol. The molecule has 26 heavy (non-hydrogen) atoms. The van der Waals surface area contributed by atoms with Gasteiger partial charge in [0.15, 0.2) is 5.96 Å². The summed E-state index contributed by atoms with van der Waals surface area (Å²) < 4.78 is 0. The molecule has 1 unspecified atom stereocenters. The van der Waals surface area contributed by atoms with Gasteiger partial charge in [0.05, 0.1) is 6.54 Å². The standard InChI is InChI=1S/C20H36N4O.HI/c1-6-21-20(23-15-18(11-12-25)13-16(2)3)22-14-17-7-9-19(10-8-17)24(4)5;/h7-10,16,18,25H,6,11-15H2,1-5H3,(H2,21,22,23);1H. The van der Waals surface area contributed by atoms with Crippen molar-refractivity contribution in [2.45, 2.75) is 40.2 Å². The van der Waals surface area contributed by atoms with E-state index in [4.69, 9.17) is 0 Å². The van der Waals surface area contributed by atoms with Crippen LogP contribution in [0.1, 0.15) is 39.2 Å². The third-order valence-corrected chi connectivity index (χ3v) is 4.12. The van der Waals surface area contributed by atoms with Gasteiger partial charge < -0.3 is 20.6 Å². The molecule has 0 heterocycles. The lowest BCUT2D eigenvalue weighted by Crippen LogP contribution is -2.40. The van der Waals surface area contributed by atoms with Gasteiger partial charge in [0.2, 0.25) is 0 Å². The number of halogens is 1. The van der Waals surface area contributed by atoms with Crippen LogP contribution in [-0.2, 0) is 6.54 Å². The Morgan fingerprint density at radius 2 is 1.81 bits per heavy atom. The maximum absolute atomic E-state index is 9.25. The summed E-state index contributed by atoms with van der Waals surface area (Å²) in [6.45, 7) is 9.08. The molecule has 1 aromatic rings. The highest BCUT2D eigenvalue weighted by Gasteiger charge is 2.11.